The molecule has 7 nitrogen and oxygen atoms in total. The number of hydrogen-bond donors (Lipinski definition) is 2. The van der Waals surface area contributed by atoms with Crippen LogP contribution in [0.15, 0.2) is 24.3 Å². The highest BCUT2D eigenvalue weighted by molar-refractivity contribution is 5.87. The van der Waals surface area contributed by atoms with Crippen molar-refractivity contribution in [1.29, 1.82) is 0 Å². The van der Waals surface area contributed by atoms with E-state index in [1.54, 1.807) is 6.07 Å². The lowest BCUT2D eigenvalue weighted by atomic mass is 9.83. The smallest absolute Gasteiger partial charge is 0.269 e. The van der Waals surface area contributed by atoms with Gasteiger partial charge in [-0.25, -0.2) is 0 Å². The molecule has 124 valence electrons. The van der Waals surface area contributed by atoms with Gasteiger partial charge in [0, 0.05) is 12.1 Å². The van der Waals surface area contributed by atoms with Gasteiger partial charge in [-0.05, 0) is 24.3 Å². The number of non-ortho nitro benzene ring substituents is 1. The molecular formula is C16H21N3O4. The third-order valence-corrected chi connectivity index (χ3v) is 4.23. The summed E-state index contributed by atoms with van der Waals surface area (Å²) in [5, 5.41) is 13.5. The zero-order valence-electron chi connectivity index (χ0n) is 12.9. The van der Waals surface area contributed by atoms with Gasteiger partial charge in [0.05, 0.1) is 11.3 Å². The maximum absolute atomic E-state index is 12.2. The summed E-state index contributed by atoms with van der Waals surface area (Å²) in [6, 6.07) is 5.25. The predicted octanol–water partition coefficient (Wildman–Crippen LogP) is 1.69. The largest absolute Gasteiger partial charge is 0.368 e. The number of primary amides is 1. The van der Waals surface area contributed by atoms with Gasteiger partial charge in [0.25, 0.3) is 5.69 Å². The molecule has 0 aliphatic heterocycles. The van der Waals surface area contributed by atoms with Gasteiger partial charge in [0.1, 0.15) is 6.04 Å². The molecule has 0 unspecified atom stereocenters. The number of benzene rings is 1. The first-order chi connectivity index (χ1) is 11.0. The van der Waals surface area contributed by atoms with E-state index < -0.39 is 16.9 Å². The highest BCUT2D eigenvalue weighted by Gasteiger charge is 2.29. The summed E-state index contributed by atoms with van der Waals surface area (Å²) in [7, 11) is 0. The lowest BCUT2D eigenvalue weighted by molar-refractivity contribution is -0.384. The Labute approximate surface area is 134 Å². The summed E-state index contributed by atoms with van der Waals surface area (Å²) in [5.41, 5.74) is 5.90. The predicted molar refractivity (Wildman–Crippen MR) is 84.5 cm³/mol. The first-order valence-electron chi connectivity index (χ1n) is 7.79. The second-order valence-electron chi connectivity index (χ2n) is 5.95. The summed E-state index contributed by atoms with van der Waals surface area (Å²) in [6.07, 6.45) is 4.96. The second-order valence-corrected chi connectivity index (χ2v) is 5.95. The molecule has 0 radical (unpaired) electrons. The quantitative estimate of drug-likeness (QED) is 0.613. The van der Waals surface area contributed by atoms with Crippen LogP contribution in [0.5, 0.6) is 0 Å². The molecule has 2 amide bonds. The minimum absolute atomic E-state index is 0.0157. The van der Waals surface area contributed by atoms with E-state index >= 15 is 0 Å². The van der Waals surface area contributed by atoms with Crippen molar-refractivity contribution in [2.45, 2.75) is 44.6 Å². The number of carbonyl (C=O) groups excluding carboxylic acids is 2. The monoisotopic (exact) mass is 319 g/mol. The molecule has 0 heterocycles. The molecule has 3 N–H and O–H groups in total. The average Bonchev–Trinajstić information content (AvgIpc) is 2.53. The average molecular weight is 319 g/mol. The molecule has 1 aromatic carbocycles. The van der Waals surface area contributed by atoms with Gasteiger partial charge in [-0.15, -0.1) is 0 Å². The Morgan fingerprint density at radius 2 is 2.00 bits per heavy atom. The fraction of sp³-hybridized carbons (Fsp3) is 0.500. The van der Waals surface area contributed by atoms with E-state index in [-0.39, 0.29) is 23.9 Å². The van der Waals surface area contributed by atoms with Crippen LogP contribution in [0.2, 0.25) is 0 Å². The summed E-state index contributed by atoms with van der Waals surface area (Å²) in [6.45, 7) is 0. The van der Waals surface area contributed by atoms with Crippen molar-refractivity contribution in [3.63, 3.8) is 0 Å². The van der Waals surface area contributed by atoms with Crippen molar-refractivity contribution in [2.24, 2.45) is 11.7 Å². The van der Waals surface area contributed by atoms with Crippen LogP contribution in [0.4, 0.5) is 5.69 Å². The second kappa shape index (κ2) is 7.71. The van der Waals surface area contributed by atoms with Gasteiger partial charge in [-0.3, -0.25) is 19.7 Å². The molecule has 1 atom stereocenters. The van der Waals surface area contributed by atoms with Crippen LogP contribution in [0.3, 0.4) is 0 Å². The van der Waals surface area contributed by atoms with Crippen molar-refractivity contribution in [2.75, 3.05) is 0 Å². The number of carbonyl (C=O) groups is 2. The molecule has 0 bridgehead atoms. The first-order valence-corrected chi connectivity index (χ1v) is 7.79. The van der Waals surface area contributed by atoms with Crippen molar-refractivity contribution in [3.05, 3.63) is 39.9 Å². The van der Waals surface area contributed by atoms with Crippen LogP contribution in [0.1, 0.15) is 37.7 Å². The number of nitrogens with zero attached hydrogens (tertiary/aromatic N) is 1. The molecule has 0 aromatic heterocycles. The van der Waals surface area contributed by atoms with E-state index in [0.29, 0.717) is 5.56 Å². The number of rotatable bonds is 6. The number of nitro benzene ring substituents is 1. The number of nitrogens with two attached hydrogens (primary N) is 1. The standard InChI is InChI=1S/C16H21N3O4/c17-16(21)15(12-6-2-1-3-7-12)18-14(20)10-11-5-4-8-13(9-11)19(22)23/h4-5,8-9,12,15H,1-3,6-7,10H2,(H2,17,21)(H,18,20)/t15-/m0/s1. The van der Waals surface area contributed by atoms with Gasteiger partial charge < -0.3 is 11.1 Å². The van der Waals surface area contributed by atoms with Crippen LogP contribution >= 0.6 is 0 Å². The van der Waals surface area contributed by atoms with Gasteiger partial charge in [0.15, 0.2) is 0 Å². The van der Waals surface area contributed by atoms with Crippen LogP contribution in [-0.4, -0.2) is 22.8 Å². The fourth-order valence-electron chi connectivity index (χ4n) is 3.08. The molecule has 1 fully saturated rings. The minimum atomic E-state index is -0.665. The zero-order chi connectivity index (χ0) is 16.8. The van der Waals surface area contributed by atoms with Gasteiger partial charge in [-0.2, -0.15) is 0 Å². The minimum Gasteiger partial charge on any atom is -0.368 e. The fourth-order valence-corrected chi connectivity index (χ4v) is 3.08. The van der Waals surface area contributed by atoms with E-state index in [2.05, 4.69) is 5.32 Å². The maximum atomic E-state index is 12.2. The lowest BCUT2D eigenvalue weighted by Gasteiger charge is -2.28. The highest BCUT2D eigenvalue weighted by Crippen LogP contribution is 2.26. The van der Waals surface area contributed by atoms with E-state index in [4.69, 9.17) is 5.73 Å². The molecule has 1 saturated carbocycles. The molecule has 1 aromatic rings. The van der Waals surface area contributed by atoms with Gasteiger partial charge in [-0.1, -0.05) is 31.4 Å². The van der Waals surface area contributed by atoms with Crippen LogP contribution < -0.4 is 11.1 Å². The third-order valence-electron chi connectivity index (χ3n) is 4.23. The van der Waals surface area contributed by atoms with E-state index in [1.165, 1.54) is 18.2 Å². The Morgan fingerprint density at radius 1 is 1.30 bits per heavy atom. The molecule has 1 aliphatic carbocycles. The summed E-state index contributed by atoms with van der Waals surface area (Å²) < 4.78 is 0. The third kappa shape index (κ3) is 4.77. The van der Waals surface area contributed by atoms with Crippen LogP contribution in [0, 0.1) is 16.0 Å². The van der Waals surface area contributed by atoms with E-state index in [0.717, 1.165) is 32.1 Å². The molecular weight excluding hydrogens is 298 g/mol. The normalized spacial score (nSPS) is 16.5. The zero-order valence-corrected chi connectivity index (χ0v) is 12.9. The van der Waals surface area contributed by atoms with E-state index in [9.17, 15) is 19.7 Å². The molecule has 7 heteroatoms. The van der Waals surface area contributed by atoms with Crippen LogP contribution in [0.25, 0.3) is 0 Å². The molecule has 0 saturated heterocycles. The number of nitro groups is 1. The summed E-state index contributed by atoms with van der Waals surface area (Å²) in [4.78, 5) is 34.1. The van der Waals surface area contributed by atoms with Crippen LogP contribution in [-0.2, 0) is 16.0 Å². The number of nitrogens with one attached hydrogen (secondary N) is 1. The van der Waals surface area contributed by atoms with Gasteiger partial charge in [0.2, 0.25) is 11.8 Å². The Hall–Kier alpha value is -2.44. The highest BCUT2D eigenvalue weighted by atomic mass is 16.6. The van der Waals surface area contributed by atoms with Crippen molar-refractivity contribution in [1.82, 2.24) is 5.32 Å². The molecule has 1 aliphatic rings. The summed E-state index contributed by atoms with van der Waals surface area (Å²) >= 11 is 0. The number of hydrogen-bond acceptors (Lipinski definition) is 4. The van der Waals surface area contributed by atoms with Crippen molar-refractivity contribution >= 4 is 17.5 Å². The maximum Gasteiger partial charge on any atom is 0.269 e. The molecule has 2 rings (SSSR count). The number of amides is 2. The Bertz CT molecular complexity index is 597. The summed E-state index contributed by atoms with van der Waals surface area (Å²) in [5.74, 6) is -0.792. The topological polar surface area (TPSA) is 115 Å². The Balaban J connectivity index is 2.00. The van der Waals surface area contributed by atoms with E-state index in [1.807, 2.05) is 0 Å². The Kier molecular flexibility index (Phi) is 5.67. The molecule has 23 heavy (non-hydrogen) atoms. The SMILES string of the molecule is NC(=O)[C@@H](NC(=O)Cc1cccc([N+](=O)[O-])c1)C1CCCCC1. The first kappa shape index (κ1) is 16.9. The molecule has 0 spiro atoms. The Morgan fingerprint density at radius 3 is 2.61 bits per heavy atom. The lowest BCUT2D eigenvalue weighted by Crippen LogP contribution is -2.50. The van der Waals surface area contributed by atoms with Crippen molar-refractivity contribution in [3.8, 4) is 0 Å². The van der Waals surface area contributed by atoms with Crippen molar-refractivity contribution < 1.29 is 14.5 Å². The van der Waals surface area contributed by atoms with Gasteiger partial charge >= 0.3 is 0 Å².